The maximum atomic E-state index is 2.47. The van der Waals surface area contributed by atoms with Gasteiger partial charge in [0.2, 0.25) is 0 Å². The smallest absolute Gasteiger partial charge is 0.0467 e. The number of fused-ring (bicyclic) bond motifs is 3. The van der Waals surface area contributed by atoms with E-state index < -0.39 is 0 Å². The lowest BCUT2D eigenvalue weighted by atomic mass is 9.79. The molecule has 2 aliphatic rings. The van der Waals surface area contributed by atoms with Gasteiger partial charge < -0.3 is 4.90 Å². The molecule has 274 valence electrons. The quantitative estimate of drug-likeness (QED) is 0.167. The summed E-state index contributed by atoms with van der Waals surface area (Å²) in [5, 5.41) is 0. The Labute approximate surface area is 325 Å². The lowest BCUT2D eigenvalue weighted by Crippen LogP contribution is -2.16. The number of anilines is 3. The maximum absolute atomic E-state index is 2.47. The fourth-order valence-electron chi connectivity index (χ4n) is 8.97. The molecular formula is C53H57N. The highest BCUT2D eigenvalue weighted by Gasteiger charge is 2.35. The fourth-order valence-corrected chi connectivity index (χ4v) is 8.97. The molecule has 0 aliphatic heterocycles. The van der Waals surface area contributed by atoms with E-state index in [1.54, 1.807) is 0 Å². The van der Waals surface area contributed by atoms with Gasteiger partial charge in [-0.25, -0.2) is 0 Å². The van der Waals surface area contributed by atoms with Gasteiger partial charge in [-0.1, -0.05) is 166 Å². The molecule has 0 unspecified atom stereocenters. The Hall–Kier alpha value is -4.88. The van der Waals surface area contributed by atoms with Crippen LogP contribution in [0.2, 0.25) is 0 Å². The molecule has 8 rings (SSSR count). The highest BCUT2D eigenvalue weighted by Crippen LogP contribution is 2.51. The third-order valence-electron chi connectivity index (χ3n) is 12.4. The van der Waals surface area contributed by atoms with Gasteiger partial charge in [-0.15, -0.1) is 0 Å². The van der Waals surface area contributed by atoms with Crippen molar-refractivity contribution in [2.24, 2.45) is 0 Å². The number of benzene rings is 6. The fraction of sp³-hybridized carbons (Fsp3) is 0.321. The number of nitrogens with zero attached hydrogens (tertiary/aromatic N) is 1. The van der Waals surface area contributed by atoms with Crippen molar-refractivity contribution in [2.75, 3.05) is 4.90 Å². The molecule has 0 spiro atoms. The first kappa shape index (κ1) is 36.1. The summed E-state index contributed by atoms with van der Waals surface area (Å²) in [6, 6.07) is 51.1. The van der Waals surface area contributed by atoms with Crippen LogP contribution in [0.5, 0.6) is 0 Å². The van der Waals surface area contributed by atoms with E-state index >= 15 is 0 Å². The molecule has 0 aromatic heterocycles. The molecular weight excluding hydrogens is 651 g/mol. The van der Waals surface area contributed by atoms with Gasteiger partial charge >= 0.3 is 0 Å². The Morgan fingerprint density at radius 1 is 0.463 bits per heavy atom. The molecule has 0 heterocycles. The van der Waals surface area contributed by atoms with Gasteiger partial charge in [0.1, 0.15) is 0 Å². The lowest BCUT2D eigenvalue weighted by Gasteiger charge is -2.29. The monoisotopic (exact) mass is 707 g/mol. The summed E-state index contributed by atoms with van der Waals surface area (Å²) in [5.41, 5.74) is 18.3. The Bertz CT molecular complexity index is 2270. The minimum absolute atomic E-state index is 0.0651. The molecule has 0 saturated heterocycles. The van der Waals surface area contributed by atoms with E-state index in [0.29, 0.717) is 5.92 Å². The van der Waals surface area contributed by atoms with Gasteiger partial charge in [0, 0.05) is 22.5 Å². The number of hydrogen-bond donors (Lipinski definition) is 0. The molecule has 2 aliphatic carbocycles. The molecule has 54 heavy (non-hydrogen) atoms. The van der Waals surface area contributed by atoms with Crippen molar-refractivity contribution < 1.29 is 0 Å². The first-order valence-electron chi connectivity index (χ1n) is 20.3. The van der Waals surface area contributed by atoms with E-state index in [0.717, 1.165) is 0 Å². The van der Waals surface area contributed by atoms with E-state index in [9.17, 15) is 0 Å². The van der Waals surface area contributed by atoms with Crippen molar-refractivity contribution in [3.8, 4) is 33.4 Å². The van der Waals surface area contributed by atoms with Crippen LogP contribution in [0, 0.1) is 0 Å². The predicted octanol–water partition coefficient (Wildman–Crippen LogP) is 15.4. The first-order chi connectivity index (χ1) is 25.8. The van der Waals surface area contributed by atoms with Gasteiger partial charge in [-0.05, 0) is 133 Å². The van der Waals surface area contributed by atoms with Crippen LogP contribution in [-0.4, -0.2) is 0 Å². The summed E-state index contributed by atoms with van der Waals surface area (Å²) in [5.74, 6) is 0.680. The second kappa shape index (κ2) is 13.8. The zero-order valence-electron chi connectivity index (χ0n) is 33.8. The SMILES string of the molecule is CC(C)(C)c1cc(-c2cccc(-c3cccc(N(c4ccc(C5CCCCC5)cc4)c4ccc5c(c4)C(C)(C)c4ccccc4-5)c3)c2)cc(C(C)(C)C)c1. The number of hydrogen-bond acceptors (Lipinski definition) is 1. The van der Waals surface area contributed by atoms with E-state index in [1.807, 2.05) is 0 Å². The summed E-state index contributed by atoms with van der Waals surface area (Å²) in [6.45, 7) is 18.6. The molecule has 1 saturated carbocycles. The van der Waals surface area contributed by atoms with Crippen LogP contribution in [0.4, 0.5) is 17.1 Å². The van der Waals surface area contributed by atoms with Crippen molar-refractivity contribution in [3.05, 3.63) is 161 Å². The minimum Gasteiger partial charge on any atom is -0.310 e. The van der Waals surface area contributed by atoms with Crippen LogP contribution in [0.15, 0.2) is 133 Å². The molecule has 0 amide bonds. The van der Waals surface area contributed by atoms with Crippen LogP contribution in [0.1, 0.15) is 121 Å². The summed E-state index contributed by atoms with van der Waals surface area (Å²) < 4.78 is 0. The molecule has 0 N–H and O–H groups in total. The van der Waals surface area contributed by atoms with Gasteiger partial charge in [0.05, 0.1) is 0 Å². The van der Waals surface area contributed by atoms with Crippen LogP contribution >= 0.6 is 0 Å². The molecule has 6 aromatic rings. The summed E-state index contributed by atoms with van der Waals surface area (Å²) >= 11 is 0. The average Bonchev–Trinajstić information content (AvgIpc) is 3.40. The van der Waals surface area contributed by atoms with E-state index in [-0.39, 0.29) is 16.2 Å². The largest absolute Gasteiger partial charge is 0.310 e. The summed E-state index contributed by atoms with van der Waals surface area (Å²) in [7, 11) is 0. The van der Waals surface area contributed by atoms with Crippen LogP contribution in [-0.2, 0) is 16.2 Å². The first-order valence-corrected chi connectivity index (χ1v) is 20.3. The second-order valence-corrected chi connectivity index (χ2v) is 18.6. The molecule has 6 aromatic carbocycles. The predicted molar refractivity (Wildman–Crippen MR) is 233 cm³/mol. The summed E-state index contributed by atoms with van der Waals surface area (Å²) in [4.78, 5) is 2.47. The Balaban J connectivity index is 1.22. The molecule has 1 fully saturated rings. The Morgan fingerprint density at radius 3 is 1.69 bits per heavy atom. The van der Waals surface area contributed by atoms with Gasteiger partial charge in [0.15, 0.2) is 0 Å². The van der Waals surface area contributed by atoms with Crippen molar-refractivity contribution in [1.29, 1.82) is 0 Å². The normalized spacial score (nSPS) is 15.5. The molecule has 0 atom stereocenters. The summed E-state index contributed by atoms with van der Waals surface area (Å²) in [6.07, 6.45) is 6.69. The minimum atomic E-state index is -0.0715. The standard InChI is InChI=1S/C53H57N/c1-51(2,3)42-31-41(32-43(34-42)52(4,5)6)39-19-14-18-38(30-39)40-20-15-21-45(33-40)54(44-26-24-37(25-27-44)36-16-10-9-11-17-36)46-28-29-48-47-22-12-13-23-49(47)53(7,8)50(48)35-46/h12-15,18-36H,9-11,16-17H2,1-8H3. The van der Waals surface area contributed by atoms with Crippen molar-refractivity contribution >= 4 is 17.1 Å². The van der Waals surface area contributed by atoms with Gasteiger partial charge in [-0.2, -0.15) is 0 Å². The maximum Gasteiger partial charge on any atom is 0.0467 e. The average molecular weight is 708 g/mol. The van der Waals surface area contributed by atoms with Gasteiger partial charge in [-0.3, -0.25) is 0 Å². The Kier molecular flexibility index (Phi) is 9.20. The van der Waals surface area contributed by atoms with Gasteiger partial charge in [0.25, 0.3) is 0 Å². The molecule has 1 nitrogen and oxygen atoms in total. The Morgan fingerprint density at radius 2 is 1.02 bits per heavy atom. The van der Waals surface area contributed by atoms with Crippen LogP contribution < -0.4 is 4.90 Å². The molecule has 1 heteroatoms. The van der Waals surface area contributed by atoms with E-state index in [4.69, 9.17) is 0 Å². The van der Waals surface area contributed by atoms with E-state index in [2.05, 4.69) is 194 Å². The third kappa shape index (κ3) is 6.83. The van der Waals surface area contributed by atoms with Crippen molar-refractivity contribution in [2.45, 2.75) is 110 Å². The van der Waals surface area contributed by atoms with Crippen LogP contribution in [0.3, 0.4) is 0 Å². The van der Waals surface area contributed by atoms with Crippen molar-refractivity contribution in [1.82, 2.24) is 0 Å². The highest BCUT2D eigenvalue weighted by molar-refractivity contribution is 5.86. The zero-order chi connectivity index (χ0) is 37.8. The molecule has 0 bridgehead atoms. The second-order valence-electron chi connectivity index (χ2n) is 18.6. The van der Waals surface area contributed by atoms with E-state index in [1.165, 1.54) is 110 Å². The third-order valence-corrected chi connectivity index (χ3v) is 12.4. The van der Waals surface area contributed by atoms with Crippen LogP contribution in [0.25, 0.3) is 33.4 Å². The zero-order valence-corrected chi connectivity index (χ0v) is 33.8. The molecule has 0 radical (unpaired) electrons. The highest BCUT2D eigenvalue weighted by atomic mass is 15.1. The van der Waals surface area contributed by atoms with Crippen molar-refractivity contribution in [3.63, 3.8) is 0 Å². The lowest BCUT2D eigenvalue weighted by molar-refractivity contribution is 0.443. The topological polar surface area (TPSA) is 3.24 Å². The number of rotatable bonds is 6.